The third-order valence-corrected chi connectivity index (χ3v) is 4.43. The van der Waals surface area contributed by atoms with E-state index in [0.717, 1.165) is 12.3 Å². The lowest BCUT2D eigenvalue weighted by Gasteiger charge is -2.31. The van der Waals surface area contributed by atoms with Gasteiger partial charge in [0.25, 0.3) is 0 Å². The van der Waals surface area contributed by atoms with Crippen molar-refractivity contribution in [3.63, 3.8) is 0 Å². The summed E-state index contributed by atoms with van der Waals surface area (Å²) in [6.45, 7) is 6.86. The largest absolute Gasteiger partial charge is 0.344 e. The molecule has 0 aromatic rings. The maximum absolute atomic E-state index is 8.90. The molecule has 2 aliphatic rings. The van der Waals surface area contributed by atoms with Gasteiger partial charge in [0.2, 0.25) is 0 Å². The first-order chi connectivity index (χ1) is 5.02. The number of nitriles is 1. The number of rotatable bonds is 0. The summed E-state index contributed by atoms with van der Waals surface area (Å²) in [5, 5.41) is 8.90. The van der Waals surface area contributed by atoms with Crippen molar-refractivity contribution in [1.82, 2.24) is 6.15 Å². The predicted molar refractivity (Wildman–Crippen MR) is 48.7 cm³/mol. The summed E-state index contributed by atoms with van der Waals surface area (Å²) in [5.74, 6) is 1.17. The molecule has 0 bridgehead atoms. The lowest BCUT2D eigenvalue weighted by molar-refractivity contribution is 0.184. The summed E-state index contributed by atoms with van der Waals surface area (Å²) in [6, 6.07) is 2.44. The summed E-state index contributed by atoms with van der Waals surface area (Å²) in [5.41, 5.74) is 0.778. The maximum atomic E-state index is 8.90. The number of nitrogens with zero attached hydrogens (tertiary/aromatic N) is 1. The monoisotopic (exact) mass is 166 g/mol. The van der Waals surface area contributed by atoms with Crippen molar-refractivity contribution in [2.24, 2.45) is 22.7 Å². The standard InChI is InChI=1S/C10H15N.H3N/c1-9(2)8(6-11)4-7-5-10(7,9)3;/h7-8H,4-5H2,1-3H3;1H3. The highest BCUT2D eigenvalue weighted by Crippen LogP contribution is 2.73. The van der Waals surface area contributed by atoms with Crippen molar-refractivity contribution in [2.75, 3.05) is 0 Å². The maximum Gasteiger partial charge on any atom is 0.0661 e. The van der Waals surface area contributed by atoms with E-state index in [1.54, 1.807) is 0 Å². The van der Waals surface area contributed by atoms with E-state index in [9.17, 15) is 0 Å². The topological polar surface area (TPSA) is 58.8 Å². The second-order valence-corrected chi connectivity index (χ2v) is 4.96. The Morgan fingerprint density at radius 3 is 2.17 bits per heavy atom. The molecular formula is C10H18N2. The van der Waals surface area contributed by atoms with Crippen molar-refractivity contribution in [3.05, 3.63) is 0 Å². The summed E-state index contributed by atoms with van der Waals surface area (Å²) in [7, 11) is 0. The van der Waals surface area contributed by atoms with Gasteiger partial charge in [0, 0.05) is 0 Å². The zero-order chi connectivity index (χ0) is 8.28. The first kappa shape index (κ1) is 9.54. The zero-order valence-corrected chi connectivity index (χ0v) is 8.22. The fraction of sp³-hybridized carbons (Fsp3) is 0.900. The van der Waals surface area contributed by atoms with E-state index in [-0.39, 0.29) is 11.6 Å². The van der Waals surface area contributed by atoms with Crippen LogP contribution in [0.4, 0.5) is 0 Å². The van der Waals surface area contributed by atoms with Crippen LogP contribution in [0.3, 0.4) is 0 Å². The van der Waals surface area contributed by atoms with Gasteiger partial charge in [-0.1, -0.05) is 20.8 Å². The molecule has 2 heteroatoms. The summed E-state index contributed by atoms with van der Waals surface area (Å²) in [6.07, 6.45) is 2.51. The molecule has 0 amide bonds. The molecule has 12 heavy (non-hydrogen) atoms. The van der Waals surface area contributed by atoms with Crippen LogP contribution < -0.4 is 6.15 Å². The van der Waals surface area contributed by atoms with Gasteiger partial charge >= 0.3 is 0 Å². The van der Waals surface area contributed by atoms with Crippen LogP contribution in [-0.4, -0.2) is 0 Å². The van der Waals surface area contributed by atoms with Gasteiger partial charge in [-0.2, -0.15) is 5.26 Å². The molecule has 2 nitrogen and oxygen atoms in total. The molecule has 0 spiro atoms. The Labute approximate surface area is 74.5 Å². The molecule has 2 saturated carbocycles. The Morgan fingerprint density at radius 2 is 1.92 bits per heavy atom. The smallest absolute Gasteiger partial charge is 0.0661 e. The lowest BCUT2D eigenvalue weighted by Crippen LogP contribution is -2.26. The quantitative estimate of drug-likeness (QED) is 0.601. The predicted octanol–water partition coefficient (Wildman–Crippen LogP) is 2.74. The fourth-order valence-corrected chi connectivity index (χ4v) is 2.78. The van der Waals surface area contributed by atoms with Gasteiger partial charge in [-0.15, -0.1) is 0 Å². The molecule has 0 aromatic carbocycles. The third kappa shape index (κ3) is 0.778. The molecule has 0 heterocycles. The Kier molecular flexibility index (Phi) is 1.77. The number of hydrogen-bond acceptors (Lipinski definition) is 2. The van der Waals surface area contributed by atoms with Crippen LogP contribution in [-0.2, 0) is 0 Å². The SMILES string of the molecule is CC1(C)C(C#N)CC2CC21C.N. The second kappa shape index (κ2) is 2.23. The van der Waals surface area contributed by atoms with Crippen LogP contribution in [0.15, 0.2) is 0 Å². The minimum Gasteiger partial charge on any atom is -0.344 e. The van der Waals surface area contributed by atoms with Crippen LogP contribution in [0.5, 0.6) is 0 Å². The second-order valence-electron chi connectivity index (χ2n) is 4.96. The first-order valence-corrected chi connectivity index (χ1v) is 4.42. The molecule has 3 unspecified atom stereocenters. The van der Waals surface area contributed by atoms with Crippen molar-refractivity contribution < 1.29 is 0 Å². The van der Waals surface area contributed by atoms with Crippen LogP contribution in [0.1, 0.15) is 33.6 Å². The molecule has 0 saturated heterocycles. The minimum atomic E-state index is 0. The van der Waals surface area contributed by atoms with Crippen molar-refractivity contribution >= 4 is 0 Å². The molecule has 3 N–H and O–H groups in total. The van der Waals surface area contributed by atoms with Crippen molar-refractivity contribution in [2.45, 2.75) is 33.6 Å². The van der Waals surface area contributed by atoms with Gasteiger partial charge < -0.3 is 6.15 Å². The van der Waals surface area contributed by atoms with E-state index in [0.29, 0.717) is 11.3 Å². The van der Waals surface area contributed by atoms with Gasteiger partial charge in [-0.25, -0.2) is 0 Å². The third-order valence-electron chi connectivity index (χ3n) is 4.43. The van der Waals surface area contributed by atoms with Gasteiger partial charge in [0.1, 0.15) is 0 Å². The van der Waals surface area contributed by atoms with E-state index in [1.807, 2.05) is 0 Å². The Balaban J connectivity index is 0.000000720. The number of fused-ring (bicyclic) bond motifs is 1. The Morgan fingerprint density at radius 1 is 1.33 bits per heavy atom. The molecule has 0 aliphatic heterocycles. The summed E-state index contributed by atoms with van der Waals surface area (Å²) in [4.78, 5) is 0. The van der Waals surface area contributed by atoms with Crippen LogP contribution in [0, 0.1) is 34.0 Å². The molecule has 68 valence electrons. The van der Waals surface area contributed by atoms with Crippen molar-refractivity contribution in [3.8, 4) is 6.07 Å². The fourth-order valence-electron chi connectivity index (χ4n) is 2.78. The van der Waals surface area contributed by atoms with Gasteiger partial charge in [0.05, 0.1) is 12.0 Å². The molecule has 3 atom stereocenters. The van der Waals surface area contributed by atoms with E-state index >= 15 is 0 Å². The Bertz CT molecular complexity index is 239. The van der Waals surface area contributed by atoms with E-state index < -0.39 is 0 Å². The highest BCUT2D eigenvalue weighted by Gasteiger charge is 2.67. The molecule has 2 fully saturated rings. The van der Waals surface area contributed by atoms with Gasteiger partial charge in [-0.05, 0) is 29.6 Å². The normalized spacial score (nSPS) is 47.2. The molecule has 0 aromatic heterocycles. The highest BCUT2D eigenvalue weighted by molar-refractivity contribution is 5.19. The molecule has 0 radical (unpaired) electrons. The number of hydrogen-bond donors (Lipinski definition) is 1. The van der Waals surface area contributed by atoms with E-state index in [4.69, 9.17) is 5.26 Å². The van der Waals surface area contributed by atoms with Gasteiger partial charge in [0.15, 0.2) is 0 Å². The Hall–Kier alpha value is -0.550. The average Bonchev–Trinajstić information content (AvgIpc) is 2.53. The minimum absolute atomic E-state index is 0. The van der Waals surface area contributed by atoms with E-state index in [1.165, 1.54) is 6.42 Å². The zero-order valence-electron chi connectivity index (χ0n) is 8.22. The summed E-state index contributed by atoms with van der Waals surface area (Å²) < 4.78 is 0. The van der Waals surface area contributed by atoms with Crippen LogP contribution >= 0.6 is 0 Å². The van der Waals surface area contributed by atoms with E-state index in [2.05, 4.69) is 26.8 Å². The molecular weight excluding hydrogens is 148 g/mol. The van der Waals surface area contributed by atoms with Crippen LogP contribution in [0.25, 0.3) is 0 Å². The van der Waals surface area contributed by atoms with Crippen LogP contribution in [0.2, 0.25) is 0 Å². The summed E-state index contributed by atoms with van der Waals surface area (Å²) >= 11 is 0. The molecule has 2 aliphatic carbocycles. The molecule has 2 rings (SSSR count). The average molecular weight is 166 g/mol. The highest BCUT2D eigenvalue weighted by atomic mass is 14.7. The first-order valence-electron chi connectivity index (χ1n) is 4.42. The van der Waals surface area contributed by atoms with Gasteiger partial charge in [-0.3, -0.25) is 0 Å². The van der Waals surface area contributed by atoms with Crippen molar-refractivity contribution in [1.29, 1.82) is 5.26 Å². The lowest BCUT2D eigenvalue weighted by atomic mass is 9.72.